The normalized spacial score (nSPS) is 10.7. The van der Waals surface area contributed by atoms with Crippen LogP contribution in [0.3, 0.4) is 0 Å². The highest BCUT2D eigenvalue weighted by Crippen LogP contribution is 2.20. The lowest BCUT2D eigenvalue weighted by molar-refractivity contribution is -0.124. The van der Waals surface area contributed by atoms with Crippen LogP contribution < -0.4 is 26.5 Å². The van der Waals surface area contributed by atoms with Gasteiger partial charge in [-0.1, -0.05) is 11.2 Å². The summed E-state index contributed by atoms with van der Waals surface area (Å²) in [5.41, 5.74) is -0.134. The Balaban J connectivity index is 1.29. The van der Waals surface area contributed by atoms with Crippen molar-refractivity contribution < 1.29 is 18.8 Å². The van der Waals surface area contributed by atoms with Crippen molar-refractivity contribution in [1.29, 1.82) is 0 Å². The van der Waals surface area contributed by atoms with Crippen LogP contribution in [-0.2, 0) is 16.0 Å². The van der Waals surface area contributed by atoms with Gasteiger partial charge in [0.05, 0.1) is 30.1 Å². The number of benzene rings is 2. The monoisotopic (exact) mass is 464 g/mol. The SMILES string of the molecule is COc1ccc(-c2noc(CCC(=O)NCC(=O)Nc3cccc4c(=O)[nH][nH]c(=O)c34)n2)cc1. The molecular weight excluding hydrogens is 444 g/mol. The van der Waals surface area contributed by atoms with E-state index in [9.17, 15) is 19.2 Å². The first-order valence-corrected chi connectivity index (χ1v) is 10.2. The number of carbonyl (C=O) groups excluding carboxylic acids is 2. The fourth-order valence-electron chi connectivity index (χ4n) is 3.23. The average Bonchev–Trinajstić information content (AvgIpc) is 3.33. The van der Waals surface area contributed by atoms with E-state index in [-0.39, 0.29) is 41.7 Å². The van der Waals surface area contributed by atoms with Crippen LogP contribution in [0, 0.1) is 0 Å². The van der Waals surface area contributed by atoms with Crippen LogP contribution in [0.4, 0.5) is 5.69 Å². The number of hydrogen-bond acceptors (Lipinski definition) is 8. The van der Waals surface area contributed by atoms with E-state index in [0.29, 0.717) is 11.6 Å². The van der Waals surface area contributed by atoms with E-state index < -0.39 is 22.9 Å². The van der Waals surface area contributed by atoms with Gasteiger partial charge in [0.15, 0.2) is 0 Å². The van der Waals surface area contributed by atoms with Crippen LogP contribution in [-0.4, -0.2) is 45.8 Å². The van der Waals surface area contributed by atoms with E-state index in [4.69, 9.17) is 9.26 Å². The molecule has 4 N–H and O–H groups in total. The molecule has 0 aliphatic rings. The lowest BCUT2D eigenvalue weighted by atomic mass is 10.1. The summed E-state index contributed by atoms with van der Waals surface area (Å²) in [6.07, 6.45) is 0.221. The van der Waals surface area contributed by atoms with Crippen LogP contribution in [0.5, 0.6) is 5.75 Å². The van der Waals surface area contributed by atoms with Gasteiger partial charge in [-0.2, -0.15) is 4.98 Å². The van der Waals surface area contributed by atoms with E-state index in [1.165, 1.54) is 18.2 Å². The smallest absolute Gasteiger partial charge is 0.272 e. The Labute approximate surface area is 191 Å². The topological polar surface area (TPSA) is 172 Å². The first kappa shape index (κ1) is 22.5. The summed E-state index contributed by atoms with van der Waals surface area (Å²) in [4.78, 5) is 52.6. The number of aromatic nitrogens is 4. The minimum absolute atomic E-state index is 0.0286. The van der Waals surface area contributed by atoms with E-state index in [0.717, 1.165) is 5.56 Å². The lowest BCUT2D eigenvalue weighted by Crippen LogP contribution is -2.33. The molecule has 2 amide bonds. The zero-order valence-electron chi connectivity index (χ0n) is 18.0. The minimum Gasteiger partial charge on any atom is -0.497 e. The van der Waals surface area contributed by atoms with Crippen molar-refractivity contribution >= 4 is 28.3 Å². The Morgan fingerprint density at radius 3 is 2.56 bits per heavy atom. The highest BCUT2D eigenvalue weighted by molar-refractivity contribution is 6.02. The van der Waals surface area contributed by atoms with Gasteiger partial charge in [0, 0.05) is 18.4 Å². The molecule has 2 aromatic heterocycles. The molecule has 0 unspecified atom stereocenters. The van der Waals surface area contributed by atoms with Crippen LogP contribution in [0.15, 0.2) is 56.6 Å². The summed E-state index contributed by atoms with van der Waals surface area (Å²) >= 11 is 0. The molecule has 0 bridgehead atoms. The third-order valence-electron chi connectivity index (χ3n) is 4.93. The van der Waals surface area contributed by atoms with Crippen LogP contribution in [0.25, 0.3) is 22.2 Å². The quantitative estimate of drug-likeness (QED) is 0.298. The maximum absolute atomic E-state index is 12.3. The van der Waals surface area contributed by atoms with E-state index >= 15 is 0 Å². The second-order valence-corrected chi connectivity index (χ2v) is 7.20. The molecule has 4 rings (SSSR count). The van der Waals surface area contributed by atoms with Crippen molar-refractivity contribution in [2.45, 2.75) is 12.8 Å². The molecule has 2 heterocycles. The predicted molar refractivity (Wildman–Crippen MR) is 121 cm³/mol. The number of nitrogens with zero attached hydrogens (tertiary/aromatic N) is 2. The van der Waals surface area contributed by atoms with E-state index in [1.807, 2.05) is 0 Å². The van der Waals surface area contributed by atoms with Crippen molar-refractivity contribution in [2.24, 2.45) is 0 Å². The molecule has 0 spiro atoms. The number of amides is 2. The Morgan fingerprint density at radius 2 is 1.79 bits per heavy atom. The zero-order chi connectivity index (χ0) is 24.1. The molecule has 34 heavy (non-hydrogen) atoms. The van der Waals surface area contributed by atoms with Gasteiger partial charge in [-0.05, 0) is 36.4 Å². The summed E-state index contributed by atoms with van der Waals surface area (Å²) in [5.74, 6) is 0.424. The fraction of sp³-hybridized carbons (Fsp3) is 0.182. The van der Waals surface area contributed by atoms with Crippen LogP contribution in [0.1, 0.15) is 12.3 Å². The highest BCUT2D eigenvalue weighted by Gasteiger charge is 2.14. The van der Waals surface area contributed by atoms with Gasteiger partial charge in [0.25, 0.3) is 11.1 Å². The van der Waals surface area contributed by atoms with Crippen LogP contribution >= 0.6 is 0 Å². The highest BCUT2D eigenvalue weighted by atomic mass is 16.5. The van der Waals surface area contributed by atoms with Gasteiger partial charge in [0.1, 0.15) is 5.75 Å². The van der Waals surface area contributed by atoms with Gasteiger partial charge in [0.2, 0.25) is 23.5 Å². The number of nitrogens with one attached hydrogen (secondary N) is 4. The van der Waals surface area contributed by atoms with Crippen molar-refractivity contribution in [3.63, 3.8) is 0 Å². The van der Waals surface area contributed by atoms with Gasteiger partial charge in [-0.3, -0.25) is 29.4 Å². The van der Waals surface area contributed by atoms with E-state index in [1.54, 1.807) is 31.4 Å². The molecule has 0 radical (unpaired) electrons. The van der Waals surface area contributed by atoms with Crippen molar-refractivity contribution in [3.05, 3.63) is 69.1 Å². The third-order valence-corrected chi connectivity index (χ3v) is 4.93. The molecule has 0 aliphatic heterocycles. The second kappa shape index (κ2) is 9.81. The number of aryl methyl sites for hydroxylation is 1. The van der Waals surface area contributed by atoms with Crippen molar-refractivity contribution in [1.82, 2.24) is 25.7 Å². The second-order valence-electron chi connectivity index (χ2n) is 7.20. The molecule has 12 nitrogen and oxygen atoms in total. The van der Waals surface area contributed by atoms with Gasteiger partial charge in [-0.15, -0.1) is 0 Å². The van der Waals surface area contributed by atoms with Gasteiger partial charge >= 0.3 is 0 Å². The zero-order valence-corrected chi connectivity index (χ0v) is 18.0. The average molecular weight is 464 g/mol. The van der Waals surface area contributed by atoms with Crippen LogP contribution in [0.2, 0.25) is 0 Å². The number of methoxy groups -OCH3 is 1. The van der Waals surface area contributed by atoms with Gasteiger partial charge < -0.3 is 19.9 Å². The molecular formula is C22H20N6O6. The predicted octanol–water partition coefficient (Wildman–Crippen LogP) is 0.962. The Hall–Kier alpha value is -4.74. The molecule has 0 atom stereocenters. The first-order chi connectivity index (χ1) is 16.4. The molecule has 12 heteroatoms. The summed E-state index contributed by atoms with van der Waals surface area (Å²) in [6, 6.07) is 11.6. The molecule has 0 fully saturated rings. The summed E-state index contributed by atoms with van der Waals surface area (Å²) in [6.45, 7) is -0.322. The molecule has 2 aromatic carbocycles. The summed E-state index contributed by atoms with van der Waals surface area (Å²) in [5, 5.41) is 13.6. The van der Waals surface area contributed by atoms with Gasteiger partial charge in [-0.25, -0.2) is 0 Å². The maximum atomic E-state index is 12.3. The molecule has 0 saturated carbocycles. The summed E-state index contributed by atoms with van der Waals surface area (Å²) < 4.78 is 10.3. The Morgan fingerprint density at radius 1 is 1.03 bits per heavy atom. The Bertz CT molecular complexity index is 1450. The van der Waals surface area contributed by atoms with Crippen molar-refractivity contribution in [2.75, 3.05) is 19.0 Å². The largest absolute Gasteiger partial charge is 0.497 e. The number of fused-ring (bicyclic) bond motifs is 1. The number of H-pyrrole nitrogens is 2. The molecule has 0 aliphatic carbocycles. The summed E-state index contributed by atoms with van der Waals surface area (Å²) in [7, 11) is 1.57. The number of ether oxygens (including phenoxy) is 1. The standard InChI is InChI=1S/C22H20N6O6/c1-33-13-7-5-12(6-8-13)20-25-18(34-28-20)10-9-16(29)23-11-17(30)24-15-4-2-3-14-19(15)22(32)27-26-21(14)31/h2-8H,9-11H2,1H3,(H,23,29)(H,24,30)(H,26,31)(H,27,32). The first-order valence-electron chi connectivity index (χ1n) is 10.2. The number of anilines is 1. The lowest BCUT2D eigenvalue weighted by Gasteiger charge is -2.08. The number of aromatic amines is 2. The number of carbonyl (C=O) groups is 2. The maximum Gasteiger partial charge on any atom is 0.272 e. The number of hydrogen-bond donors (Lipinski definition) is 4. The molecule has 0 saturated heterocycles. The third kappa shape index (κ3) is 5.01. The van der Waals surface area contributed by atoms with E-state index in [2.05, 4.69) is 31.0 Å². The number of rotatable bonds is 8. The molecule has 174 valence electrons. The Kier molecular flexibility index (Phi) is 6.48. The molecule has 4 aromatic rings. The minimum atomic E-state index is -0.555. The van der Waals surface area contributed by atoms with Crippen molar-refractivity contribution in [3.8, 4) is 17.1 Å². The fourth-order valence-corrected chi connectivity index (χ4v) is 3.23.